The largest absolute Gasteiger partial charge is 0.439 e. The summed E-state index contributed by atoms with van der Waals surface area (Å²) in [6.45, 7) is 0. The van der Waals surface area contributed by atoms with Gasteiger partial charge in [-0.25, -0.2) is 4.98 Å². The maximum atomic E-state index is 5.81. The van der Waals surface area contributed by atoms with Crippen LogP contribution in [0.25, 0.3) is 0 Å². The smallest absolute Gasteiger partial charge is 0.220 e. The number of rotatable bonds is 2. The topological polar surface area (TPSA) is 22.1 Å². The van der Waals surface area contributed by atoms with Crippen LogP contribution in [0.1, 0.15) is 17.5 Å². The first-order valence-corrected chi connectivity index (χ1v) is 6.11. The summed E-state index contributed by atoms with van der Waals surface area (Å²) in [7, 11) is 0. The van der Waals surface area contributed by atoms with Gasteiger partial charge in [0.25, 0.3) is 0 Å². The van der Waals surface area contributed by atoms with Gasteiger partial charge in [-0.15, -0.1) is 0 Å². The van der Waals surface area contributed by atoms with Crippen molar-refractivity contribution in [2.45, 2.75) is 19.3 Å². The molecule has 1 aromatic carbocycles. The van der Waals surface area contributed by atoms with Crippen molar-refractivity contribution in [1.82, 2.24) is 4.98 Å². The molecule has 0 aliphatic heterocycles. The van der Waals surface area contributed by atoms with E-state index in [1.807, 2.05) is 12.1 Å². The lowest BCUT2D eigenvalue weighted by Crippen LogP contribution is -1.89. The molecule has 0 saturated heterocycles. The minimum atomic E-state index is 0.448. The van der Waals surface area contributed by atoms with Crippen LogP contribution in [-0.4, -0.2) is 4.98 Å². The van der Waals surface area contributed by atoms with Gasteiger partial charge in [-0.2, -0.15) is 0 Å². The Kier molecular flexibility index (Phi) is 2.73. The van der Waals surface area contributed by atoms with Crippen LogP contribution >= 0.6 is 11.6 Å². The average molecular weight is 246 g/mol. The van der Waals surface area contributed by atoms with E-state index in [1.54, 1.807) is 12.1 Å². The zero-order valence-corrected chi connectivity index (χ0v) is 10.1. The molecule has 0 N–H and O–H groups in total. The van der Waals surface area contributed by atoms with Gasteiger partial charge in [-0.1, -0.05) is 23.7 Å². The lowest BCUT2D eigenvalue weighted by Gasteiger charge is -2.06. The zero-order chi connectivity index (χ0) is 11.7. The zero-order valence-electron chi connectivity index (χ0n) is 9.32. The highest BCUT2D eigenvalue weighted by Gasteiger charge is 2.11. The van der Waals surface area contributed by atoms with Crippen LogP contribution in [-0.2, 0) is 12.8 Å². The van der Waals surface area contributed by atoms with E-state index in [4.69, 9.17) is 16.3 Å². The number of fused-ring (bicyclic) bond motifs is 1. The van der Waals surface area contributed by atoms with E-state index >= 15 is 0 Å². The van der Waals surface area contributed by atoms with Crippen molar-refractivity contribution in [1.29, 1.82) is 0 Å². The van der Waals surface area contributed by atoms with Crippen LogP contribution < -0.4 is 4.74 Å². The highest BCUT2D eigenvalue weighted by molar-refractivity contribution is 6.29. The number of halogens is 1. The Morgan fingerprint density at radius 3 is 2.82 bits per heavy atom. The van der Waals surface area contributed by atoms with Gasteiger partial charge in [0.1, 0.15) is 10.9 Å². The SMILES string of the molecule is Clc1cccc(Oc2ccc3c(c2)CCC3)n1. The van der Waals surface area contributed by atoms with Crippen molar-refractivity contribution in [3.63, 3.8) is 0 Å². The molecule has 0 unspecified atom stereocenters. The van der Waals surface area contributed by atoms with E-state index in [9.17, 15) is 0 Å². The molecule has 1 aromatic heterocycles. The Balaban J connectivity index is 1.86. The summed E-state index contributed by atoms with van der Waals surface area (Å²) >= 11 is 5.81. The van der Waals surface area contributed by atoms with Crippen molar-refractivity contribution in [3.05, 3.63) is 52.7 Å². The molecule has 2 aromatic rings. The summed E-state index contributed by atoms with van der Waals surface area (Å²) in [5.74, 6) is 1.37. The Hall–Kier alpha value is -1.54. The van der Waals surface area contributed by atoms with E-state index in [0.717, 1.165) is 12.2 Å². The lowest BCUT2D eigenvalue weighted by atomic mass is 10.1. The molecule has 0 saturated carbocycles. The van der Waals surface area contributed by atoms with Crippen LogP contribution in [0.4, 0.5) is 0 Å². The van der Waals surface area contributed by atoms with Crippen LogP contribution in [0.3, 0.4) is 0 Å². The molecular formula is C14H12ClNO. The summed E-state index contributed by atoms with van der Waals surface area (Å²) in [6, 6.07) is 11.6. The number of hydrogen-bond acceptors (Lipinski definition) is 2. The fourth-order valence-corrected chi connectivity index (χ4v) is 2.33. The van der Waals surface area contributed by atoms with Crippen molar-refractivity contribution >= 4 is 11.6 Å². The van der Waals surface area contributed by atoms with Gasteiger partial charge in [-0.05, 0) is 48.6 Å². The van der Waals surface area contributed by atoms with Gasteiger partial charge >= 0.3 is 0 Å². The highest BCUT2D eigenvalue weighted by Crippen LogP contribution is 2.28. The van der Waals surface area contributed by atoms with Crippen molar-refractivity contribution in [2.24, 2.45) is 0 Å². The summed E-state index contributed by atoms with van der Waals surface area (Å²) < 4.78 is 5.69. The first-order valence-electron chi connectivity index (χ1n) is 5.73. The van der Waals surface area contributed by atoms with E-state index in [-0.39, 0.29) is 0 Å². The quantitative estimate of drug-likeness (QED) is 0.746. The van der Waals surface area contributed by atoms with Crippen LogP contribution in [0, 0.1) is 0 Å². The molecule has 0 spiro atoms. The number of pyridine rings is 1. The normalized spacial score (nSPS) is 13.5. The maximum absolute atomic E-state index is 5.81. The second kappa shape index (κ2) is 4.38. The lowest BCUT2D eigenvalue weighted by molar-refractivity contribution is 0.462. The molecule has 0 radical (unpaired) electrons. The van der Waals surface area contributed by atoms with Crippen molar-refractivity contribution in [2.75, 3.05) is 0 Å². The monoisotopic (exact) mass is 245 g/mol. The predicted molar refractivity (Wildman–Crippen MR) is 67.8 cm³/mol. The van der Waals surface area contributed by atoms with Gasteiger partial charge < -0.3 is 4.74 Å². The summed E-state index contributed by atoms with van der Waals surface area (Å²) in [5.41, 5.74) is 2.83. The van der Waals surface area contributed by atoms with Crippen LogP contribution in [0.15, 0.2) is 36.4 Å². The number of aromatic nitrogens is 1. The third kappa shape index (κ3) is 2.27. The molecule has 1 aliphatic carbocycles. The third-order valence-corrected chi connectivity index (χ3v) is 3.19. The van der Waals surface area contributed by atoms with E-state index in [2.05, 4.69) is 17.1 Å². The molecule has 17 heavy (non-hydrogen) atoms. The van der Waals surface area contributed by atoms with Gasteiger partial charge in [-0.3, -0.25) is 0 Å². The van der Waals surface area contributed by atoms with Crippen molar-refractivity contribution in [3.8, 4) is 11.6 Å². The molecule has 86 valence electrons. The summed E-state index contributed by atoms with van der Waals surface area (Å²) in [5, 5.41) is 0.448. The van der Waals surface area contributed by atoms with Gasteiger partial charge in [0, 0.05) is 6.07 Å². The molecule has 0 atom stereocenters. The Morgan fingerprint density at radius 1 is 1.06 bits per heavy atom. The fraction of sp³-hybridized carbons (Fsp3) is 0.214. The molecule has 0 amide bonds. The van der Waals surface area contributed by atoms with E-state index in [1.165, 1.54) is 24.0 Å². The van der Waals surface area contributed by atoms with Gasteiger partial charge in [0.15, 0.2) is 0 Å². The molecule has 0 fully saturated rings. The molecular weight excluding hydrogens is 234 g/mol. The molecule has 1 heterocycles. The minimum Gasteiger partial charge on any atom is -0.439 e. The fourth-order valence-electron chi connectivity index (χ4n) is 2.18. The Morgan fingerprint density at radius 2 is 1.94 bits per heavy atom. The Bertz CT molecular complexity index is 554. The molecule has 1 aliphatic rings. The molecule has 2 nitrogen and oxygen atoms in total. The number of hydrogen-bond donors (Lipinski definition) is 0. The second-order valence-corrected chi connectivity index (χ2v) is 4.57. The maximum Gasteiger partial charge on any atom is 0.220 e. The average Bonchev–Trinajstić information content (AvgIpc) is 2.76. The first-order chi connectivity index (χ1) is 8.31. The van der Waals surface area contributed by atoms with Gasteiger partial charge in [0.2, 0.25) is 5.88 Å². The first kappa shape index (κ1) is 10.6. The van der Waals surface area contributed by atoms with E-state index in [0.29, 0.717) is 11.0 Å². The van der Waals surface area contributed by atoms with Crippen LogP contribution in [0.2, 0.25) is 5.15 Å². The van der Waals surface area contributed by atoms with Crippen molar-refractivity contribution < 1.29 is 4.74 Å². The Labute approximate surface area is 105 Å². The predicted octanol–water partition coefficient (Wildman–Crippen LogP) is 4.02. The number of ether oxygens (including phenoxy) is 1. The number of nitrogens with zero attached hydrogens (tertiary/aromatic N) is 1. The van der Waals surface area contributed by atoms with Crippen LogP contribution in [0.5, 0.6) is 11.6 Å². The third-order valence-electron chi connectivity index (χ3n) is 2.98. The minimum absolute atomic E-state index is 0.448. The standard InChI is InChI=1S/C14H12ClNO/c15-13-5-2-6-14(16-13)17-12-8-7-10-3-1-4-11(10)9-12/h2,5-9H,1,3-4H2. The molecule has 0 bridgehead atoms. The molecule has 3 rings (SSSR count). The molecule has 3 heteroatoms. The number of aryl methyl sites for hydroxylation is 2. The summed E-state index contributed by atoms with van der Waals surface area (Å²) in [6.07, 6.45) is 3.58. The number of benzene rings is 1. The second-order valence-electron chi connectivity index (χ2n) is 4.18. The summed E-state index contributed by atoms with van der Waals surface area (Å²) in [4.78, 5) is 4.11. The van der Waals surface area contributed by atoms with E-state index < -0.39 is 0 Å². The van der Waals surface area contributed by atoms with Gasteiger partial charge in [0.05, 0.1) is 0 Å². The highest BCUT2D eigenvalue weighted by atomic mass is 35.5.